The minimum Gasteiger partial charge on any atom is -0.207 e. The summed E-state index contributed by atoms with van der Waals surface area (Å²) < 4.78 is 38.3. The van der Waals surface area contributed by atoms with Crippen LogP contribution in [0.25, 0.3) is 0 Å². The van der Waals surface area contributed by atoms with Crippen molar-refractivity contribution in [3.63, 3.8) is 0 Å². The van der Waals surface area contributed by atoms with Gasteiger partial charge in [-0.3, -0.25) is 0 Å². The zero-order chi connectivity index (χ0) is 12.9. The Hall–Kier alpha value is -0.940. The fourth-order valence-electron chi connectivity index (χ4n) is 1.51. The second-order valence-electron chi connectivity index (χ2n) is 3.99. The van der Waals surface area contributed by atoms with Crippen LogP contribution in [0.2, 0.25) is 0 Å². The van der Waals surface area contributed by atoms with E-state index in [4.69, 9.17) is 0 Å². The van der Waals surface area contributed by atoms with Gasteiger partial charge >= 0.3 is 0 Å². The molecule has 0 saturated carbocycles. The Morgan fingerprint density at radius 3 is 2.59 bits per heavy atom. The second kappa shape index (κ2) is 6.12. The van der Waals surface area contributed by atoms with E-state index in [0.29, 0.717) is 6.54 Å². The lowest BCUT2D eigenvalue weighted by Gasteiger charge is -2.16. The Morgan fingerprint density at radius 1 is 1.29 bits per heavy atom. The summed E-state index contributed by atoms with van der Waals surface area (Å²) >= 11 is 0. The molecule has 0 aliphatic carbocycles. The Morgan fingerprint density at radius 2 is 2.00 bits per heavy atom. The van der Waals surface area contributed by atoms with E-state index in [2.05, 4.69) is 6.92 Å². The maximum Gasteiger partial charge on any atom is 0.242 e. The summed E-state index contributed by atoms with van der Waals surface area (Å²) in [6.45, 7) is 2.52. The molecule has 0 amide bonds. The average molecular weight is 259 g/mol. The highest BCUT2D eigenvalue weighted by Crippen LogP contribution is 2.15. The van der Waals surface area contributed by atoms with Crippen LogP contribution < -0.4 is 0 Å². The molecule has 0 atom stereocenters. The molecule has 0 aliphatic heterocycles. The molecule has 0 aliphatic rings. The van der Waals surface area contributed by atoms with Gasteiger partial charge in [-0.1, -0.05) is 25.8 Å². The Labute approximate surface area is 102 Å². The minimum absolute atomic E-state index is 0.0106. The van der Waals surface area contributed by atoms with E-state index in [1.165, 1.54) is 29.6 Å². The molecule has 3 nitrogen and oxygen atoms in total. The van der Waals surface area contributed by atoms with E-state index >= 15 is 0 Å². The van der Waals surface area contributed by atoms with E-state index in [-0.39, 0.29) is 4.90 Å². The van der Waals surface area contributed by atoms with E-state index in [9.17, 15) is 12.8 Å². The van der Waals surface area contributed by atoms with Gasteiger partial charge in [0.2, 0.25) is 10.0 Å². The number of benzene rings is 1. The van der Waals surface area contributed by atoms with Gasteiger partial charge in [-0.15, -0.1) is 0 Å². The summed E-state index contributed by atoms with van der Waals surface area (Å²) in [7, 11) is -2.02. The van der Waals surface area contributed by atoms with Crippen LogP contribution in [0.5, 0.6) is 0 Å². The standard InChI is InChI=1S/C12H18FNO2S/c1-3-4-5-9-14(2)17(15,16)12-8-6-7-11(13)10-12/h6-8,10H,3-5,9H2,1-2H3. The summed E-state index contributed by atoms with van der Waals surface area (Å²) in [6, 6.07) is 5.10. The van der Waals surface area contributed by atoms with Crippen LogP contribution in [-0.4, -0.2) is 26.3 Å². The van der Waals surface area contributed by atoms with Crippen molar-refractivity contribution in [2.45, 2.75) is 31.1 Å². The SMILES string of the molecule is CCCCCN(C)S(=O)(=O)c1cccc(F)c1. The molecule has 5 heteroatoms. The first-order valence-electron chi connectivity index (χ1n) is 5.70. The average Bonchev–Trinajstić information content (AvgIpc) is 2.29. The summed E-state index contributed by atoms with van der Waals surface area (Å²) in [6.07, 6.45) is 2.85. The molecular weight excluding hydrogens is 241 g/mol. The van der Waals surface area contributed by atoms with Gasteiger partial charge < -0.3 is 0 Å². The van der Waals surface area contributed by atoms with E-state index in [1.807, 2.05) is 0 Å². The summed E-state index contributed by atoms with van der Waals surface area (Å²) in [5.74, 6) is -0.534. The van der Waals surface area contributed by atoms with Crippen LogP contribution in [-0.2, 0) is 10.0 Å². The topological polar surface area (TPSA) is 37.4 Å². The number of nitrogens with zero attached hydrogens (tertiary/aromatic N) is 1. The molecule has 1 rings (SSSR count). The molecule has 0 saturated heterocycles. The van der Waals surface area contributed by atoms with Crippen molar-refractivity contribution < 1.29 is 12.8 Å². The first-order chi connectivity index (χ1) is 7.98. The van der Waals surface area contributed by atoms with Crippen molar-refractivity contribution in [3.8, 4) is 0 Å². The lowest BCUT2D eigenvalue weighted by atomic mass is 10.2. The van der Waals surface area contributed by atoms with E-state index < -0.39 is 15.8 Å². The minimum atomic E-state index is -3.55. The van der Waals surface area contributed by atoms with Gasteiger partial charge in [0.25, 0.3) is 0 Å². The molecule has 0 fully saturated rings. The first kappa shape index (κ1) is 14.1. The first-order valence-corrected chi connectivity index (χ1v) is 7.14. The molecule has 1 aromatic carbocycles. The monoisotopic (exact) mass is 259 g/mol. The third kappa shape index (κ3) is 3.78. The van der Waals surface area contributed by atoms with Crippen molar-refractivity contribution in [3.05, 3.63) is 30.1 Å². The van der Waals surface area contributed by atoms with Crippen LogP contribution in [0, 0.1) is 5.82 Å². The van der Waals surface area contributed by atoms with Crippen molar-refractivity contribution in [2.75, 3.05) is 13.6 Å². The maximum atomic E-state index is 13.0. The van der Waals surface area contributed by atoms with Gasteiger partial charge in [-0.25, -0.2) is 17.1 Å². The molecule has 1 aromatic rings. The molecule has 0 heterocycles. The molecule has 0 N–H and O–H groups in total. The van der Waals surface area contributed by atoms with Crippen LogP contribution in [0.15, 0.2) is 29.2 Å². The lowest BCUT2D eigenvalue weighted by molar-refractivity contribution is 0.453. The van der Waals surface area contributed by atoms with Crippen LogP contribution in [0.3, 0.4) is 0 Å². The second-order valence-corrected chi connectivity index (χ2v) is 6.04. The summed E-state index contributed by atoms with van der Waals surface area (Å²) in [5.41, 5.74) is 0. The fraction of sp³-hybridized carbons (Fsp3) is 0.500. The van der Waals surface area contributed by atoms with Gasteiger partial charge in [-0.2, -0.15) is 0 Å². The number of unbranched alkanes of at least 4 members (excludes halogenated alkanes) is 2. The lowest BCUT2D eigenvalue weighted by Crippen LogP contribution is -2.28. The molecule has 0 unspecified atom stereocenters. The highest BCUT2D eigenvalue weighted by atomic mass is 32.2. The van der Waals surface area contributed by atoms with Gasteiger partial charge in [0, 0.05) is 13.6 Å². The number of sulfonamides is 1. The summed E-state index contributed by atoms with van der Waals surface area (Å²) in [5, 5.41) is 0. The number of hydrogen-bond acceptors (Lipinski definition) is 2. The Bertz CT molecular complexity index is 459. The third-order valence-electron chi connectivity index (χ3n) is 2.58. The maximum absolute atomic E-state index is 13.0. The van der Waals surface area contributed by atoms with Crippen LogP contribution in [0.1, 0.15) is 26.2 Å². The van der Waals surface area contributed by atoms with Gasteiger partial charge in [-0.05, 0) is 24.6 Å². The third-order valence-corrected chi connectivity index (χ3v) is 4.43. The highest BCUT2D eigenvalue weighted by molar-refractivity contribution is 7.89. The predicted octanol–water partition coefficient (Wildman–Crippen LogP) is 2.64. The summed E-state index contributed by atoms with van der Waals surface area (Å²) in [4.78, 5) is 0.0106. The fourth-order valence-corrected chi connectivity index (χ4v) is 2.75. The van der Waals surface area contributed by atoms with E-state index in [1.54, 1.807) is 0 Å². The molecule has 0 spiro atoms. The number of hydrogen-bond donors (Lipinski definition) is 0. The predicted molar refractivity (Wildman–Crippen MR) is 65.7 cm³/mol. The van der Waals surface area contributed by atoms with Gasteiger partial charge in [0.15, 0.2) is 0 Å². The molecular formula is C12H18FNO2S. The van der Waals surface area contributed by atoms with Crippen molar-refractivity contribution in [1.29, 1.82) is 0 Å². The van der Waals surface area contributed by atoms with Gasteiger partial charge in [0.1, 0.15) is 5.82 Å². The largest absolute Gasteiger partial charge is 0.242 e. The molecule has 0 bridgehead atoms. The highest BCUT2D eigenvalue weighted by Gasteiger charge is 2.20. The van der Waals surface area contributed by atoms with Crippen LogP contribution >= 0.6 is 0 Å². The van der Waals surface area contributed by atoms with Gasteiger partial charge in [0.05, 0.1) is 4.90 Å². The molecule has 17 heavy (non-hydrogen) atoms. The zero-order valence-corrected chi connectivity index (χ0v) is 11.0. The normalized spacial score (nSPS) is 12.0. The Kier molecular flexibility index (Phi) is 5.08. The quantitative estimate of drug-likeness (QED) is 0.736. The van der Waals surface area contributed by atoms with Crippen molar-refractivity contribution in [1.82, 2.24) is 4.31 Å². The smallest absolute Gasteiger partial charge is 0.207 e. The molecule has 96 valence electrons. The van der Waals surface area contributed by atoms with E-state index in [0.717, 1.165) is 25.3 Å². The molecule has 0 radical (unpaired) electrons. The Balaban J connectivity index is 2.80. The number of halogens is 1. The number of rotatable bonds is 6. The van der Waals surface area contributed by atoms with Crippen molar-refractivity contribution in [2.24, 2.45) is 0 Å². The van der Waals surface area contributed by atoms with Crippen LogP contribution in [0.4, 0.5) is 4.39 Å². The zero-order valence-electron chi connectivity index (χ0n) is 10.2. The van der Waals surface area contributed by atoms with Crippen molar-refractivity contribution >= 4 is 10.0 Å². The molecule has 0 aromatic heterocycles.